The van der Waals surface area contributed by atoms with Crippen LogP contribution >= 0.6 is 0 Å². The Morgan fingerprint density at radius 3 is 2.38 bits per heavy atom. The quantitative estimate of drug-likeness (QED) is 0.790. The van der Waals surface area contributed by atoms with Crippen molar-refractivity contribution in [2.75, 3.05) is 26.1 Å². The maximum Gasteiger partial charge on any atom is 0.154 e. The fraction of sp³-hybridized carbons (Fsp3) is 0.294. The van der Waals surface area contributed by atoms with Crippen molar-refractivity contribution in [2.45, 2.75) is 13.3 Å². The molecule has 2 N–H and O–H groups in total. The van der Waals surface area contributed by atoms with Gasteiger partial charge in [-0.2, -0.15) is 0 Å². The third kappa shape index (κ3) is 4.13. The molecule has 0 unspecified atom stereocenters. The summed E-state index contributed by atoms with van der Waals surface area (Å²) in [4.78, 5) is 0. The van der Waals surface area contributed by atoms with Gasteiger partial charge >= 0.3 is 0 Å². The second-order valence-electron chi connectivity index (χ2n) is 4.59. The Labute approximate surface area is 125 Å². The zero-order valence-electron chi connectivity index (χ0n) is 12.5. The Balaban J connectivity index is 2.09. The third-order valence-corrected chi connectivity index (χ3v) is 3.07. The highest BCUT2D eigenvalue weighted by Gasteiger charge is 2.07. The van der Waals surface area contributed by atoms with E-state index < -0.39 is 0 Å². The van der Waals surface area contributed by atoms with Crippen LogP contribution in [-0.2, 0) is 11.2 Å². The minimum absolute atomic E-state index is 0.516. The van der Waals surface area contributed by atoms with Gasteiger partial charge in [0.1, 0.15) is 17.2 Å². The summed E-state index contributed by atoms with van der Waals surface area (Å²) in [6, 6.07) is 13.4. The summed E-state index contributed by atoms with van der Waals surface area (Å²) in [5, 5.41) is 0. The number of methoxy groups -OCH3 is 1. The lowest BCUT2D eigenvalue weighted by atomic mass is 10.1. The molecule has 0 aromatic heterocycles. The molecule has 0 aliphatic carbocycles. The van der Waals surface area contributed by atoms with Crippen molar-refractivity contribution < 1.29 is 14.2 Å². The lowest BCUT2D eigenvalue weighted by Crippen LogP contribution is -1.99. The van der Waals surface area contributed by atoms with E-state index in [4.69, 9.17) is 19.9 Å². The Morgan fingerprint density at radius 2 is 1.71 bits per heavy atom. The smallest absolute Gasteiger partial charge is 0.154 e. The summed E-state index contributed by atoms with van der Waals surface area (Å²) in [6.07, 6.45) is 0.888. The standard InChI is InChI=1S/C17H21NO3/c1-3-20-15-5-4-6-16(17(15)18)21-14-9-7-13(8-10-14)11-12-19-2/h4-10H,3,11-12,18H2,1-2H3. The molecule has 21 heavy (non-hydrogen) atoms. The van der Waals surface area contributed by atoms with Crippen LogP contribution in [0.4, 0.5) is 5.69 Å². The van der Waals surface area contributed by atoms with Crippen LogP contribution in [0.1, 0.15) is 12.5 Å². The van der Waals surface area contributed by atoms with Gasteiger partial charge in [0.25, 0.3) is 0 Å². The molecule has 0 atom stereocenters. The molecule has 4 heteroatoms. The summed E-state index contributed by atoms with van der Waals surface area (Å²) < 4.78 is 16.3. The number of hydrogen-bond donors (Lipinski definition) is 1. The first-order valence-corrected chi connectivity index (χ1v) is 7.01. The van der Waals surface area contributed by atoms with Gasteiger partial charge in [-0.15, -0.1) is 0 Å². The lowest BCUT2D eigenvalue weighted by Gasteiger charge is -2.12. The molecule has 2 aromatic carbocycles. The molecule has 2 aromatic rings. The SMILES string of the molecule is CCOc1cccc(Oc2ccc(CCOC)cc2)c1N. The molecule has 112 valence electrons. The third-order valence-electron chi connectivity index (χ3n) is 3.07. The average molecular weight is 287 g/mol. The molecule has 0 radical (unpaired) electrons. The predicted molar refractivity (Wildman–Crippen MR) is 84.1 cm³/mol. The summed E-state index contributed by atoms with van der Waals surface area (Å²) >= 11 is 0. The van der Waals surface area contributed by atoms with Crippen molar-refractivity contribution in [1.82, 2.24) is 0 Å². The first kappa shape index (κ1) is 15.2. The lowest BCUT2D eigenvalue weighted by molar-refractivity contribution is 0.202. The van der Waals surface area contributed by atoms with Gasteiger partial charge in [-0.05, 0) is 43.2 Å². The first-order valence-electron chi connectivity index (χ1n) is 7.01. The van der Waals surface area contributed by atoms with Gasteiger partial charge in [-0.1, -0.05) is 18.2 Å². The van der Waals surface area contributed by atoms with Crippen LogP contribution in [-0.4, -0.2) is 20.3 Å². The highest BCUT2D eigenvalue weighted by atomic mass is 16.5. The van der Waals surface area contributed by atoms with E-state index in [1.807, 2.05) is 49.4 Å². The van der Waals surface area contributed by atoms with E-state index in [0.29, 0.717) is 30.4 Å². The fourth-order valence-electron chi connectivity index (χ4n) is 1.97. The highest BCUT2D eigenvalue weighted by molar-refractivity contribution is 5.63. The monoisotopic (exact) mass is 287 g/mol. The number of nitrogens with two attached hydrogens (primary N) is 1. The van der Waals surface area contributed by atoms with Crippen LogP contribution in [0.3, 0.4) is 0 Å². The number of nitrogen functional groups attached to an aromatic ring is 1. The van der Waals surface area contributed by atoms with Gasteiger partial charge in [-0.25, -0.2) is 0 Å². The molecule has 0 saturated heterocycles. The molecule has 0 heterocycles. The second kappa shape index (κ2) is 7.55. The molecule has 2 rings (SSSR count). The van der Waals surface area contributed by atoms with Crippen molar-refractivity contribution in [2.24, 2.45) is 0 Å². The van der Waals surface area contributed by atoms with Gasteiger partial charge in [0, 0.05) is 7.11 Å². The first-order chi connectivity index (χ1) is 10.2. The molecule has 0 aliphatic heterocycles. The second-order valence-corrected chi connectivity index (χ2v) is 4.59. The maximum absolute atomic E-state index is 6.05. The van der Waals surface area contributed by atoms with Crippen molar-refractivity contribution in [3.05, 3.63) is 48.0 Å². The number of para-hydroxylation sites is 1. The minimum Gasteiger partial charge on any atom is -0.492 e. The maximum atomic E-state index is 6.05. The van der Waals surface area contributed by atoms with E-state index >= 15 is 0 Å². The van der Waals surface area contributed by atoms with E-state index in [1.54, 1.807) is 7.11 Å². The minimum atomic E-state index is 0.516. The van der Waals surface area contributed by atoms with Crippen LogP contribution < -0.4 is 15.2 Å². The highest BCUT2D eigenvalue weighted by Crippen LogP contribution is 2.34. The van der Waals surface area contributed by atoms with Crippen LogP contribution in [0.5, 0.6) is 17.2 Å². The Hall–Kier alpha value is -2.20. The van der Waals surface area contributed by atoms with E-state index in [9.17, 15) is 0 Å². The summed E-state index contributed by atoms with van der Waals surface area (Å²) in [5.74, 6) is 1.99. The summed E-state index contributed by atoms with van der Waals surface area (Å²) in [5.41, 5.74) is 7.77. The molecule has 0 fully saturated rings. The molecule has 0 spiro atoms. The fourth-order valence-corrected chi connectivity index (χ4v) is 1.97. The van der Waals surface area contributed by atoms with Gasteiger partial charge < -0.3 is 19.9 Å². The van der Waals surface area contributed by atoms with Crippen LogP contribution in [0.25, 0.3) is 0 Å². The number of benzene rings is 2. The number of anilines is 1. The van der Waals surface area contributed by atoms with Crippen molar-refractivity contribution in [1.29, 1.82) is 0 Å². The largest absolute Gasteiger partial charge is 0.492 e. The Kier molecular flexibility index (Phi) is 5.46. The number of ether oxygens (including phenoxy) is 3. The number of rotatable bonds is 7. The van der Waals surface area contributed by atoms with Crippen LogP contribution in [0, 0.1) is 0 Å². The van der Waals surface area contributed by atoms with Crippen molar-refractivity contribution in [3.8, 4) is 17.2 Å². The van der Waals surface area contributed by atoms with Crippen LogP contribution in [0.2, 0.25) is 0 Å². The summed E-state index contributed by atoms with van der Waals surface area (Å²) in [6.45, 7) is 3.21. The van der Waals surface area contributed by atoms with Gasteiger partial charge in [0.2, 0.25) is 0 Å². The van der Waals surface area contributed by atoms with Crippen molar-refractivity contribution in [3.63, 3.8) is 0 Å². The normalized spacial score (nSPS) is 10.4. The molecule has 4 nitrogen and oxygen atoms in total. The molecular formula is C17H21NO3. The topological polar surface area (TPSA) is 53.7 Å². The van der Waals surface area contributed by atoms with Gasteiger partial charge in [-0.3, -0.25) is 0 Å². The van der Waals surface area contributed by atoms with E-state index in [0.717, 1.165) is 12.2 Å². The van der Waals surface area contributed by atoms with E-state index in [2.05, 4.69) is 0 Å². The van der Waals surface area contributed by atoms with Crippen molar-refractivity contribution >= 4 is 5.69 Å². The molecule has 0 amide bonds. The van der Waals surface area contributed by atoms with Gasteiger partial charge in [0.05, 0.1) is 13.2 Å². The Morgan fingerprint density at radius 1 is 1.00 bits per heavy atom. The van der Waals surface area contributed by atoms with Crippen LogP contribution in [0.15, 0.2) is 42.5 Å². The number of hydrogen-bond acceptors (Lipinski definition) is 4. The molecular weight excluding hydrogens is 266 g/mol. The predicted octanol–water partition coefficient (Wildman–Crippen LogP) is 3.65. The average Bonchev–Trinajstić information content (AvgIpc) is 2.51. The van der Waals surface area contributed by atoms with E-state index in [-0.39, 0.29) is 0 Å². The zero-order chi connectivity index (χ0) is 15.1. The Bertz CT molecular complexity index is 567. The molecule has 0 saturated carbocycles. The molecule has 0 aliphatic rings. The molecule has 0 bridgehead atoms. The van der Waals surface area contributed by atoms with E-state index in [1.165, 1.54) is 5.56 Å². The summed E-state index contributed by atoms with van der Waals surface area (Å²) in [7, 11) is 1.70. The van der Waals surface area contributed by atoms with Gasteiger partial charge in [0.15, 0.2) is 5.75 Å². The zero-order valence-corrected chi connectivity index (χ0v) is 12.5.